The van der Waals surface area contributed by atoms with Gasteiger partial charge in [0.2, 0.25) is 0 Å². The van der Waals surface area contributed by atoms with Crippen LogP contribution in [0.25, 0.3) is 5.00 Å². The van der Waals surface area contributed by atoms with Crippen molar-refractivity contribution in [3.8, 4) is 5.00 Å². The molecule has 140 valence electrons. The van der Waals surface area contributed by atoms with Gasteiger partial charge in [0.15, 0.2) is 12.1 Å². The van der Waals surface area contributed by atoms with Gasteiger partial charge >= 0.3 is 0 Å². The standard InChI is InChI=1S/C19H19ClN4O2S/c1-9-10(2)27-19-16(9)17(12-4-6-13(20)7-5-12)21-14(8-15(25)26)18-23-22-11(3)24(18)19/h4-7,14-15,25-26H,8H2,1-3H3. The maximum Gasteiger partial charge on any atom is 0.163 e. The molecule has 8 heteroatoms. The van der Waals surface area contributed by atoms with Gasteiger partial charge in [-0.05, 0) is 38.5 Å². The molecule has 2 N–H and O–H groups in total. The molecule has 1 atom stereocenters. The Labute approximate surface area is 165 Å². The van der Waals surface area contributed by atoms with Gasteiger partial charge in [-0.3, -0.25) is 9.56 Å². The van der Waals surface area contributed by atoms with Crippen LogP contribution in [-0.2, 0) is 0 Å². The molecular weight excluding hydrogens is 384 g/mol. The van der Waals surface area contributed by atoms with E-state index in [1.54, 1.807) is 11.3 Å². The summed E-state index contributed by atoms with van der Waals surface area (Å²) in [4.78, 5) is 6.12. The molecule has 0 amide bonds. The summed E-state index contributed by atoms with van der Waals surface area (Å²) < 4.78 is 1.99. The van der Waals surface area contributed by atoms with Crippen molar-refractivity contribution in [1.82, 2.24) is 14.8 Å². The molecule has 6 nitrogen and oxygen atoms in total. The molecule has 0 saturated heterocycles. The van der Waals surface area contributed by atoms with Crippen LogP contribution in [0, 0.1) is 20.8 Å². The highest BCUT2D eigenvalue weighted by Crippen LogP contribution is 2.39. The number of hydrogen-bond acceptors (Lipinski definition) is 6. The Morgan fingerprint density at radius 2 is 1.85 bits per heavy atom. The van der Waals surface area contributed by atoms with E-state index in [0.29, 0.717) is 10.8 Å². The smallest absolute Gasteiger partial charge is 0.163 e. The molecule has 2 aromatic heterocycles. The summed E-state index contributed by atoms with van der Waals surface area (Å²) in [5, 5.41) is 29.4. The number of thiophene rings is 1. The third-order valence-corrected chi connectivity index (χ3v) is 6.24. The fourth-order valence-electron chi connectivity index (χ4n) is 3.35. The molecule has 0 bridgehead atoms. The molecule has 1 unspecified atom stereocenters. The minimum atomic E-state index is -1.49. The van der Waals surface area contributed by atoms with Crippen molar-refractivity contribution in [2.75, 3.05) is 0 Å². The second-order valence-electron chi connectivity index (χ2n) is 6.62. The summed E-state index contributed by atoms with van der Waals surface area (Å²) >= 11 is 7.73. The summed E-state index contributed by atoms with van der Waals surface area (Å²) in [6, 6.07) is 7.02. The first-order valence-electron chi connectivity index (χ1n) is 8.59. The van der Waals surface area contributed by atoms with Gasteiger partial charge in [0.05, 0.1) is 5.71 Å². The lowest BCUT2D eigenvalue weighted by atomic mass is 9.99. The molecule has 4 rings (SSSR count). The van der Waals surface area contributed by atoms with Crippen molar-refractivity contribution in [3.05, 3.63) is 62.5 Å². The van der Waals surface area contributed by atoms with Crippen LogP contribution in [-0.4, -0.2) is 37.0 Å². The zero-order chi connectivity index (χ0) is 19.3. The first kappa shape index (κ1) is 18.3. The molecule has 0 radical (unpaired) electrons. The highest BCUT2D eigenvalue weighted by molar-refractivity contribution is 7.15. The van der Waals surface area contributed by atoms with Crippen LogP contribution in [0.5, 0.6) is 0 Å². The van der Waals surface area contributed by atoms with Crippen LogP contribution >= 0.6 is 22.9 Å². The molecule has 0 spiro atoms. The number of aliphatic imine (C=N–C) groups is 1. The van der Waals surface area contributed by atoms with Crippen molar-refractivity contribution in [2.24, 2.45) is 4.99 Å². The summed E-state index contributed by atoms with van der Waals surface area (Å²) in [7, 11) is 0. The molecule has 0 fully saturated rings. The van der Waals surface area contributed by atoms with Gasteiger partial charge in [0, 0.05) is 27.4 Å². The maximum atomic E-state index is 9.60. The number of aliphatic hydroxyl groups is 2. The van der Waals surface area contributed by atoms with Crippen LogP contribution in [0.3, 0.4) is 0 Å². The largest absolute Gasteiger partial charge is 0.368 e. The highest BCUT2D eigenvalue weighted by Gasteiger charge is 2.32. The van der Waals surface area contributed by atoms with Crippen molar-refractivity contribution in [3.63, 3.8) is 0 Å². The van der Waals surface area contributed by atoms with E-state index in [9.17, 15) is 10.2 Å². The van der Waals surface area contributed by atoms with E-state index in [2.05, 4.69) is 24.0 Å². The molecule has 1 aromatic carbocycles. The highest BCUT2D eigenvalue weighted by atomic mass is 35.5. The van der Waals surface area contributed by atoms with Crippen LogP contribution < -0.4 is 0 Å². The minimum absolute atomic E-state index is 0.0438. The lowest BCUT2D eigenvalue weighted by Gasteiger charge is -2.13. The van der Waals surface area contributed by atoms with E-state index in [-0.39, 0.29) is 6.42 Å². The van der Waals surface area contributed by atoms with Crippen LogP contribution in [0.15, 0.2) is 29.3 Å². The monoisotopic (exact) mass is 402 g/mol. The summed E-state index contributed by atoms with van der Waals surface area (Å²) in [6.45, 7) is 6.06. The lowest BCUT2D eigenvalue weighted by molar-refractivity contribution is -0.0498. The van der Waals surface area contributed by atoms with E-state index in [0.717, 1.165) is 33.2 Å². The molecule has 3 aromatic rings. The van der Waals surface area contributed by atoms with E-state index < -0.39 is 12.3 Å². The molecule has 0 aliphatic carbocycles. The quantitative estimate of drug-likeness (QED) is 0.657. The second kappa shape index (κ2) is 6.83. The Hall–Kier alpha value is -2.06. The number of benzene rings is 1. The predicted molar refractivity (Wildman–Crippen MR) is 106 cm³/mol. The number of aliphatic hydroxyl groups excluding tert-OH is 1. The summed E-state index contributed by atoms with van der Waals surface area (Å²) in [5.74, 6) is 1.37. The van der Waals surface area contributed by atoms with Gasteiger partial charge < -0.3 is 10.2 Å². The number of aryl methyl sites for hydroxylation is 2. The normalized spacial score (nSPS) is 16.1. The van der Waals surface area contributed by atoms with E-state index in [1.165, 1.54) is 4.88 Å². The van der Waals surface area contributed by atoms with Gasteiger partial charge in [-0.15, -0.1) is 21.5 Å². The van der Waals surface area contributed by atoms with Crippen molar-refractivity contribution in [2.45, 2.75) is 39.5 Å². The van der Waals surface area contributed by atoms with Gasteiger partial charge in [0.25, 0.3) is 0 Å². The van der Waals surface area contributed by atoms with Crippen molar-refractivity contribution >= 4 is 28.6 Å². The Balaban J connectivity index is 2.02. The van der Waals surface area contributed by atoms with Crippen LogP contribution in [0.4, 0.5) is 0 Å². The third-order valence-electron chi connectivity index (χ3n) is 4.79. The van der Waals surface area contributed by atoms with E-state index >= 15 is 0 Å². The van der Waals surface area contributed by atoms with Crippen molar-refractivity contribution in [1.29, 1.82) is 0 Å². The van der Waals surface area contributed by atoms with Crippen LogP contribution in [0.1, 0.15) is 45.7 Å². The average Bonchev–Trinajstić information content (AvgIpc) is 3.08. The number of hydrogen-bond donors (Lipinski definition) is 2. The molecule has 3 heterocycles. The average molecular weight is 403 g/mol. The Morgan fingerprint density at radius 1 is 1.15 bits per heavy atom. The Bertz CT molecular complexity index is 1040. The van der Waals surface area contributed by atoms with Gasteiger partial charge in [0.1, 0.15) is 16.9 Å². The molecule has 27 heavy (non-hydrogen) atoms. The van der Waals surface area contributed by atoms with E-state index in [1.807, 2.05) is 35.8 Å². The Kier molecular flexibility index (Phi) is 4.63. The van der Waals surface area contributed by atoms with Gasteiger partial charge in [-0.1, -0.05) is 23.7 Å². The fraction of sp³-hybridized carbons (Fsp3) is 0.316. The number of fused-ring (bicyclic) bond motifs is 3. The van der Waals surface area contributed by atoms with Gasteiger partial charge in [-0.25, -0.2) is 0 Å². The summed E-state index contributed by atoms with van der Waals surface area (Å²) in [6.07, 6.45) is -1.45. The first-order valence-corrected chi connectivity index (χ1v) is 9.78. The SMILES string of the molecule is Cc1sc2c(c1C)C(c1ccc(Cl)cc1)=NC(CC(O)O)c1nnc(C)n1-2. The number of halogens is 1. The molecule has 1 aliphatic rings. The van der Waals surface area contributed by atoms with Crippen LogP contribution in [0.2, 0.25) is 5.02 Å². The van der Waals surface area contributed by atoms with Gasteiger partial charge in [-0.2, -0.15) is 0 Å². The van der Waals surface area contributed by atoms with E-state index in [4.69, 9.17) is 16.6 Å². The topological polar surface area (TPSA) is 83.5 Å². The van der Waals surface area contributed by atoms with Crippen molar-refractivity contribution < 1.29 is 10.2 Å². The predicted octanol–water partition coefficient (Wildman–Crippen LogP) is 3.50. The maximum absolute atomic E-state index is 9.60. The summed E-state index contributed by atoms with van der Waals surface area (Å²) in [5.41, 5.74) is 3.90. The zero-order valence-electron chi connectivity index (χ0n) is 15.1. The number of aromatic nitrogens is 3. The molecular formula is C19H19ClN4O2S. The second-order valence-corrected chi connectivity index (χ2v) is 8.26. The zero-order valence-corrected chi connectivity index (χ0v) is 16.7. The third kappa shape index (κ3) is 3.10. The molecule has 0 saturated carbocycles. The number of rotatable bonds is 3. The number of nitrogens with zero attached hydrogens (tertiary/aromatic N) is 4. The Morgan fingerprint density at radius 3 is 2.52 bits per heavy atom. The first-order chi connectivity index (χ1) is 12.9. The fourth-order valence-corrected chi connectivity index (χ4v) is 4.69. The minimum Gasteiger partial charge on any atom is -0.368 e. The molecule has 1 aliphatic heterocycles. The lowest BCUT2D eigenvalue weighted by Crippen LogP contribution is -2.14.